The number of amides is 2. The maximum Gasteiger partial charge on any atom is 0.330 e. The Morgan fingerprint density at radius 1 is 1.12 bits per heavy atom. The van der Waals surface area contributed by atoms with Gasteiger partial charge < -0.3 is 10.6 Å². The van der Waals surface area contributed by atoms with Crippen LogP contribution in [0.25, 0.3) is 11.0 Å². The van der Waals surface area contributed by atoms with Crippen LogP contribution >= 0.6 is 0 Å². The number of nitrogens with one attached hydrogen (secondary N) is 3. The number of fused-ring (bicyclic) bond motifs is 1. The highest BCUT2D eigenvalue weighted by molar-refractivity contribution is 6.05. The lowest BCUT2D eigenvalue weighted by atomic mass is 10.1. The number of rotatable bonds is 8. The van der Waals surface area contributed by atoms with Crippen molar-refractivity contribution in [3.63, 3.8) is 0 Å². The first kappa shape index (κ1) is 23.3. The minimum atomic E-state index is -0.673. The van der Waals surface area contributed by atoms with E-state index in [4.69, 9.17) is 0 Å². The van der Waals surface area contributed by atoms with Crippen molar-refractivity contribution in [2.45, 2.75) is 39.2 Å². The number of carbonyl (C=O) groups is 2. The fourth-order valence-electron chi connectivity index (χ4n) is 3.78. The molecular formula is C24H26FN5O4. The zero-order chi connectivity index (χ0) is 24.4. The number of nitrogens with zero attached hydrogens (tertiary/aromatic N) is 2. The van der Waals surface area contributed by atoms with E-state index in [2.05, 4.69) is 20.6 Å². The number of halogens is 1. The Labute approximate surface area is 194 Å². The minimum Gasteiger partial charge on any atom is -0.350 e. The maximum atomic E-state index is 13.7. The average Bonchev–Trinajstić information content (AvgIpc) is 3.64. The molecule has 0 unspecified atom stereocenters. The minimum absolute atomic E-state index is 0.0533. The van der Waals surface area contributed by atoms with Gasteiger partial charge in [-0.05, 0) is 37.0 Å². The van der Waals surface area contributed by atoms with Crippen LogP contribution in [-0.2, 0) is 6.54 Å². The van der Waals surface area contributed by atoms with Gasteiger partial charge in [-0.2, -0.15) is 0 Å². The maximum absolute atomic E-state index is 13.7. The van der Waals surface area contributed by atoms with E-state index in [0.717, 1.165) is 12.8 Å². The molecule has 1 aliphatic carbocycles. The van der Waals surface area contributed by atoms with Crippen molar-refractivity contribution < 1.29 is 14.0 Å². The molecule has 0 spiro atoms. The highest BCUT2D eigenvalue weighted by Crippen LogP contribution is 2.39. The Hall–Kier alpha value is -3.82. The number of hydrogen-bond donors (Lipinski definition) is 3. The Morgan fingerprint density at radius 3 is 2.38 bits per heavy atom. The van der Waals surface area contributed by atoms with Gasteiger partial charge in [-0.3, -0.25) is 23.9 Å². The Kier molecular flexibility index (Phi) is 6.58. The number of aromatic nitrogens is 3. The first-order valence-corrected chi connectivity index (χ1v) is 11.2. The summed E-state index contributed by atoms with van der Waals surface area (Å²) >= 11 is 0. The van der Waals surface area contributed by atoms with Crippen molar-refractivity contribution in [3.05, 3.63) is 73.8 Å². The summed E-state index contributed by atoms with van der Waals surface area (Å²) in [4.78, 5) is 57.2. The van der Waals surface area contributed by atoms with E-state index in [1.807, 2.05) is 13.8 Å². The van der Waals surface area contributed by atoms with E-state index in [1.165, 1.54) is 22.8 Å². The van der Waals surface area contributed by atoms with Gasteiger partial charge in [-0.25, -0.2) is 14.2 Å². The zero-order valence-corrected chi connectivity index (χ0v) is 19.0. The van der Waals surface area contributed by atoms with Crippen LogP contribution in [0.1, 0.15) is 59.0 Å². The molecule has 0 bridgehead atoms. The third-order valence-corrected chi connectivity index (χ3v) is 5.57. The molecule has 1 fully saturated rings. The van der Waals surface area contributed by atoms with E-state index in [1.54, 1.807) is 12.1 Å². The quantitative estimate of drug-likeness (QED) is 0.437. The Morgan fingerprint density at radius 2 is 1.76 bits per heavy atom. The summed E-state index contributed by atoms with van der Waals surface area (Å²) < 4.78 is 15.1. The molecule has 0 atom stereocenters. The van der Waals surface area contributed by atoms with Crippen molar-refractivity contribution in [1.29, 1.82) is 0 Å². The molecule has 3 N–H and O–H groups in total. The number of carbonyl (C=O) groups excluding carboxylic acids is 2. The summed E-state index contributed by atoms with van der Waals surface area (Å²) in [5.74, 6) is -1.43. The molecule has 0 aliphatic heterocycles. The van der Waals surface area contributed by atoms with E-state index in [9.17, 15) is 23.6 Å². The van der Waals surface area contributed by atoms with Crippen LogP contribution in [0.2, 0.25) is 0 Å². The topological polar surface area (TPSA) is 126 Å². The highest BCUT2D eigenvalue weighted by Gasteiger charge is 2.28. The molecule has 4 rings (SSSR count). The number of H-pyrrole nitrogens is 1. The van der Waals surface area contributed by atoms with E-state index in [-0.39, 0.29) is 47.1 Å². The van der Waals surface area contributed by atoms with Crippen molar-refractivity contribution in [2.24, 2.45) is 5.92 Å². The number of pyridine rings is 1. The van der Waals surface area contributed by atoms with Gasteiger partial charge in [0.05, 0.1) is 16.5 Å². The number of aromatic amines is 1. The highest BCUT2D eigenvalue weighted by atomic mass is 19.1. The van der Waals surface area contributed by atoms with Crippen molar-refractivity contribution in [2.75, 3.05) is 13.1 Å². The fraction of sp³-hybridized carbons (Fsp3) is 0.375. The van der Waals surface area contributed by atoms with Gasteiger partial charge in [-0.15, -0.1) is 0 Å². The Balaban J connectivity index is 1.57. The normalized spacial score (nSPS) is 13.3. The second-order valence-electron chi connectivity index (χ2n) is 8.82. The lowest BCUT2D eigenvalue weighted by Gasteiger charge is -2.15. The summed E-state index contributed by atoms with van der Waals surface area (Å²) in [7, 11) is 0. The molecule has 178 valence electrons. The number of benzene rings is 1. The van der Waals surface area contributed by atoms with Gasteiger partial charge in [0.25, 0.3) is 17.4 Å². The van der Waals surface area contributed by atoms with Gasteiger partial charge in [0.2, 0.25) is 0 Å². The molecule has 3 aromatic rings. The predicted octanol–water partition coefficient (Wildman–Crippen LogP) is 1.92. The molecule has 9 nitrogen and oxygen atoms in total. The molecule has 2 heterocycles. The van der Waals surface area contributed by atoms with Crippen LogP contribution in [0.4, 0.5) is 4.39 Å². The summed E-state index contributed by atoms with van der Waals surface area (Å²) in [5, 5.41) is 5.29. The van der Waals surface area contributed by atoms with Crippen molar-refractivity contribution >= 4 is 22.8 Å². The molecule has 10 heteroatoms. The third kappa shape index (κ3) is 4.90. The molecule has 0 saturated heterocycles. The summed E-state index contributed by atoms with van der Waals surface area (Å²) in [6.45, 7) is 4.35. The molecule has 2 aromatic heterocycles. The zero-order valence-electron chi connectivity index (χ0n) is 19.0. The molecule has 1 saturated carbocycles. The lowest BCUT2D eigenvalue weighted by Crippen LogP contribution is -2.37. The van der Waals surface area contributed by atoms with Gasteiger partial charge in [-0.1, -0.05) is 26.0 Å². The van der Waals surface area contributed by atoms with Crippen LogP contribution in [0.5, 0.6) is 0 Å². The van der Waals surface area contributed by atoms with Crippen LogP contribution < -0.4 is 21.9 Å². The van der Waals surface area contributed by atoms with Gasteiger partial charge in [0.15, 0.2) is 5.65 Å². The molecular weight excluding hydrogens is 441 g/mol. The van der Waals surface area contributed by atoms with E-state index in [0.29, 0.717) is 12.2 Å². The summed E-state index contributed by atoms with van der Waals surface area (Å²) in [6.07, 6.45) is 1.86. The SMILES string of the molecule is CC(C)Cn1c(=O)[nH]c(=O)c2c(C(=O)NCCNC(=O)c3ccccc3F)cc(C3CC3)nc21. The largest absolute Gasteiger partial charge is 0.350 e. The molecule has 0 radical (unpaired) electrons. The van der Waals surface area contributed by atoms with Crippen LogP contribution in [0, 0.1) is 11.7 Å². The Bertz CT molecular complexity index is 1370. The molecule has 1 aromatic carbocycles. The number of hydrogen-bond acceptors (Lipinski definition) is 5. The molecule has 34 heavy (non-hydrogen) atoms. The van der Waals surface area contributed by atoms with Crippen LogP contribution in [-0.4, -0.2) is 39.4 Å². The van der Waals surface area contributed by atoms with Crippen LogP contribution in [0.3, 0.4) is 0 Å². The second-order valence-corrected chi connectivity index (χ2v) is 8.82. The predicted molar refractivity (Wildman–Crippen MR) is 125 cm³/mol. The monoisotopic (exact) mass is 467 g/mol. The van der Waals surface area contributed by atoms with Gasteiger partial charge >= 0.3 is 5.69 Å². The fourth-order valence-corrected chi connectivity index (χ4v) is 3.78. The van der Waals surface area contributed by atoms with E-state index >= 15 is 0 Å². The van der Waals surface area contributed by atoms with Gasteiger partial charge in [0, 0.05) is 31.2 Å². The third-order valence-electron chi connectivity index (χ3n) is 5.57. The van der Waals surface area contributed by atoms with Crippen molar-refractivity contribution in [3.8, 4) is 0 Å². The molecule has 2 amide bonds. The van der Waals surface area contributed by atoms with E-state index < -0.39 is 28.9 Å². The molecule has 1 aliphatic rings. The first-order chi connectivity index (χ1) is 16.3. The first-order valence-electron chi connectivity index (χ1n) is 11.2. The van der Waals surface area contributed by atoms with Gasteiger partial charge in [0.1, 0.15) is 5.82 Å². The summed E-state index contributed by atoms with van der Waals surface area (Å²) in [6, 6.07) is 7.21. The average molecular weight is 468 g/mol. The smallest absolute Gasteiger partial charge is 0.330 e. The van der Waals surface area contributed by atoms with Crippen molar-refractivity contribution in [1.82, 2.24) is 25.2 Å². The van der Waals surface area contributed by atoms with Crippen LogP contribution in [0.15, 0.2) is 39.9 Å². The second kappa shape index (κ2) is 9.58. The summed E-state index contributed by atoms with van der Waals surface area (Å²) in [5.41, 5.74) is -0.316. The lowest BCUT2D eigenvalue weighted by molar-refractivity contribution is 0.0926. The standard InChI is InChI=1S/C24H26FN5O4/c1-13(2)12-30-20-19(23(33)29-24(30)34)16(11-18(28-20)14-7-8-14)22(32)27-10-9-26-21(31)15-5-3-4-6-17(15)25/h3-6,11,13-14H,7-10,12H2,1-2H3,(H,26,31)(H,27,32)(H,29,33,34).